The number of nitrogens with one attached hydrogen (secondary N) is 2. The lowest BCUT2D eigenvalue weighted by molar-refractivity contribution is 0.0959. The van der Waals surface area contributed by atoms with E-state index in [4.69, 9.17) is 4.98 Å². The van der Waals surface area contributed by atoms with Gasteiger partial charge in [-0.15, -0.1) is 6.58 Å². The van der Waals surface area contributed by atoms with Crippen LogP contribution in [0.1, 0.15) is 48.8 Å². The van der Waals surface area contributed by atoms with Gasteiger partial charge in [0.05, 0.1) is 11.1 Å². The Morgan fingerprint density at radius 1 is 1.52 bits per heavy atom. The minimum atomic E-state index is -0.105. The van der Waals surface area contributed by atoms with Gasteiger partial charge in [0.25, 0.3) is 5.91 Å². The van der Waals surface area contributed by atoms with Crippen LogP contribution in [-0.2, 0) is 12.8 Å². The maximum Gasteiger partial charge on any atom is 0.255 e. The topological polar surface area (TPSA) is 57.8 Å². The number of fused-ring (bicyclic) bond motifs is 2. The van der Waals surface area contributed by atoms with Crippen LogP contribution in [0.5, 0.6) is 0 Å². The van der Waals surface area contributed by atoms with Crippen LogP contribution in [0.15, 0.2) is 24.9 Å². The van der Waals surface area contributed by atoms with Crippen LogP contribution in [0.2, 0.25) is 0 Å². The Labute approximate surface area is 137 Å². The van der Waals surface area contributed by atoms with Crippen LogP contribution in [0.3, 0.4) is 0 Å². The molecule has 1 aliphatic rings. The molecule has 0 aliphatic heterocycles. The third-order valence-electron chi connectivity index (χ3n) is 4.89. The zero-order valence-electron chi connectivity index (χ0n) is 14.2. The molecule has 0 bridgehead atoms. The number of amides is 1. The van der Waals surface area contributed by atoms with Gasteiger partial charge in [0.15, 0.2) is 0 Å². The number of rotatable bonds is 3. The van der Waals surface area contributed by atoms with Crippen molar-refractivity contribution < 1.29 is 4.79 Å². The summed E-state index contributed by atoms with van der Waals surface area (Å²) in [5, 5.41) is 2.82. The van der Waals surface area contributed by atoms with Crippen LogP contribution in [0, 0.1) is 11.3 Å². The summed E-state index contributed by atoms with van der Waals surface area (Å²) in [4.78, 5) is 20.2. The third-order valence-corrected chi connectivity index (χ3v) is 4.89. The van der Waals surface area contributed by atoms with Crippen molar-refractivity contribution in [1.29, 1.82) is 0 Å². The van der Waals surface area contributed by atoms with Crippen LogP contribution in [0.4, 0.5) is 0 Å². The lowest BCUT2D eigenvalue weighted by Crippen LogP contribution is -2.27. The summed E-state index contributed by atoms with van der Waals surface area (Å²) in [6.45, 7) is 11.0. The fourth-order valence-corrected chi connectivity index (χ4v) is 3.37. The minimum absolute atomic E-state index is 0.105. The molecule has 0 saturated carbocycles. The molecule has 2 aromatic rings. The highest BCUT2D eigenvalue weighted by atomic mass is 16.1. The van der Waals surface area contributed by atoms with E-state index in [0.29, 0.717) is 23.4 Å². The van der Waals surface area contributed by atoms with E-state index in [9.17, 15) is 4.79 Å². The number of carbonyl (C=O) groups excluding carboxylic acids is 1. The number of carbonyl (C=O) groups is 1. The Kier molecular flexibility index (Phi) is 4.00. The molecule has 4 nitrogen and oxygen atoms in total. The molecular formula is C19H25N3O. The Hall–Kier alpha value is -2.10. The molecule has 0 radical (unpaired) electrons. The van der Waals surface area contributed by atoms with Crippen molar-refractivity contribution in [3.63, 3.8) is 0 Å². The lowest BCUT2D eigenvalue weighted by atomic mass is 9.71. The summed E-state index contributed by atoms with van der Waals surface area (Å²) in [5.74, 6) is 0.576. The number of hydrogen-bond donors (Lipinski definition) is 2. The van der Waals surface area contributed by atoms with Gasteiger partial charge in [0, 0.05) is 18.4 Å². The average Bonchev–Trinajstić information content (AvgIpc) is 2.91. The highest BCUT2D eigenvalue weighted by Crippen LogP contribution is 2.37. The zero-order valence-corrected chi connectivity index (χ0v) is 14.2. The molecule has 0 aromatic carbocycles. The molecular weight excluding hydrogens is 286 g/mol. The van der Waals surface area contributed by atoms with Crippen molar-refractivity contribution in [1.82, 2.24) is 15.3 Å². The maximum absolute atomic E-state index is 12.2. The highest BCUT2D eigenvalue weighted by Gasteiger charge is 2.30. The first-order chi connectivity index (χ1) is 10.9. The van der Waals surface area contributed by atoms with Crippen molar-refractivity contribution in [3.05, 3.63) is 41.7 Å². The molecule has 0 spiro atoms. The van der Waals surface area contributed by atoms with Crippen molar-refractivity contribution in [2.75, 3.05) is 6.54 Å². The number of aromatic amines is 1. The molecule has 1 unspecified atom stereocenters. The van der Waals surface area contributed by atoms with E-state index in [1.807, 2.05) is 0 Å². The summed E-state index contributed by atoms with van der Waals surface area (Å²) in [6.07, 6.45) is 6.65. The van der Waals surface area contributed by atoms with E-state index >= 15 is 0 Å². The Morgan fingerprint density at radius 2 is 2.30 bits per heavy atom. The molecule has 0 saturated heterocycles. The van der Waals surface area contributed by atoms with E-state index in [2.05, 4.69) is 43.7 Å². The first-order valence-corrected chi connectivity index (χ1v) is 8.29. The quantitative estimate of drug-likeness (QED) is 0.850. The van der Waals surface area contributed by atoms with Gasteiger partial charge in [-0.3, -0.25) is 9.78 Å². The third kappa shape index (κ3) is 3.03. The van der Waals surface area contributed by atoms with Crippen LogP contribution in [0.25, 0.3) is 11.0 Å². The van der Waals surface area contributed by atoms with E-state index < -0.39 is 0 Å². The second-order valence-electron chi connectivity index (χ2n) is 7.50. The number of aromatic nitrogens is 2. The molecule has 23 heavy (non-hydrogen) atoms. The van der Waals surface area contributed by atoms with Crippen molar-refractivity contribution >= 4 is 16.9 Å². The van der Waals surface area contributed by atoms with Crippen LogP contribution in [-0.4, -0.2) is 22.4 Å². The Morgan fingerprint density at radius 3 is 3.00 bits per heavy atom. The van der Waals surface area contributed by atoms with Gasteiger partial charge < -0.3 is 10.3 Å². The molecule has 4 heteroatoms. The summed E-state index contributed by atoms with van der Waals surface area (Å²) in [7, 11) is 0. The lowest BCUT2D eigenvalue weighted by Gasteiger charge is -2.34. The molecule has 2 aromatic heterocycles. The van der Waals surface area contributed by atoms with Crippen molar-refractivity contribution in [2.45, 2.75) is 40.0 Å². The molecule has 2 heterocycles. The normalized spacial score (nSPS) is 17.8. The first-order valence-electron chi connectivity index (χ1n) is 8.29. The highest BCUT2D eigenvalue weighted by molar-refractivity contribution is 6.05. The predicted molar refractivity (Wildman–Crippen MR) is 93.6 cm³/mol. The Bertz CT molecular complexity index is 752. The minimum Gasteiger partial charge on any atom is -0.359 e. The summed E-state index contributed by atoms with van der Waals surface area (Å²) in [6, 6.07) is 2.18. The van der Waals surface area contributed by atoms with Gasteiger partial charge in [0.1, 0.15) is 5.52 Å². The zero-order chi connectivity index (χ0) is 16.6. The average molecular weight is 311 g/mol. The molecule has 3 rings (SSSR count). The van der Waals surface area contributed by atoms with Gasteiger partial charge >= 0.3 is 0 Å². The van der Waals surface area contributed by atoms with Crippen LogP contribution >= 0.6 is 0 Å². The van der Waals surface area contributed by atoms with Gasteiger partial charge in [-0.2, -0.15) is 0 Å². The van der Waals surface area contributed by atoms with Crippen LogP contribution < -0.4 is 5.32 Å². The summed E-state index contributed by atoms with van der Waals surface area (Å²) < 4.78 is 0. The molecule has 1 atom stereocenters. The standard InChI is InChI=1S/C19H25N3O/c1-5-8-20-18(23)14-11-21-16-10-12-9-13(19(2,3)4)6-7-15(12)22-17(14)16/h5,10-11,13,21H,1,6-9H2,2-4H3,(H,20,23). The molecule has 1 aliphatic carbocycles. The van der Waals surface area contributed by atoms with E-state index in [1.54, 1.807) is 12.3 Å². The largest absolute Gasteiger partial charge is 0.359 e. The predicted octanol–water partition coefficient (Wildman–Crippen LogP) is 3.63. The van der Waals surface area contributed by atoms with E-state index in [-0.39, 0.29) is 5.91 Å². The fourth-order valence-electron chi connectivity index (χ4n) is 3.37. The van der Waals surface area contributed by atoms with Gasteiger partial charge in [-0.1, -0.05) is 26.8 Å². The number of pyridine rings is 1. The number of hydrogen-bond acceptors (Lipinski definition) is 2. The summed E-state index contributed by atoms with van der Waals surface area (Å²) in [5.41, 5.74) is 5.13. The second-order valence-corrected chi connectivity index (χ2v) is 7.50. The first kappa shape index (κ1) is 15.8. The van der Waals surface area contributed by atoms with Gasteiger partial charge in [-0.25, -0.2) is 0 Å². The number of H-pyrrole nitrogens is 1. The van der Waals surface area contributed by atoms with Gasteiger partial charge in [0.2, 0.25) is 0 Å². The van der Waals surface area contributed by atoms with Gasteiger partial charge in [-0.05, 0) is 42.2 Å². The van der Waals surface area contributed by atoms with E-state index in [0.717, 1.165) is 36.0 Å². The van der Waals surface area contributed by atoms with Crippen molar-refractivity contribution in [3.8, 4) is 0 Å². The van der Waals surface area contributed by atoms with E-state index in [1.165, 1.54) is 5.56 Å². The number of aryl methyl sites for hydroxylation is 1. The molecule has 122 valence electrons. The Balaban J connectivity index is 1.94. The molecule has 2 N–H and O–H groups in total. The SMILES string of the molecule is C=CCNC(=O)c1c[nH]c2cc3c(nc12)CCC(C(C)(C)C)C3. The smallest absolute Gasteiger partial charge is 0.255 e. The fraction of sp³-hybridized carbons (Fsp3) is 0.474. The van der Waals surface area contributed by atoms with Crippen molar-refractivity contribution in [2.24, 2.45) is 11.3 Å². The number of nitrogens with zero attached hydrogens (tertiary/aromatic N) is 1. The molecule has 0 fully saturated rings. The summed E-state index contributed by atoms with van der Waals surface area (Å²) >= 11 is 0. The molecule has 1 amide bonds. The second kappa shape index (κ2) is 5.84. The maximum atomic E-state index is 12.2. The monoisotopic (exact) mass is 311 g/mol.